The summed E-state index contributed by atoms with van der Waals surface area (Å²) in [5.74, 6) is -2.68. The molecule has 3 heterocycles. The molecule has 3 aliphatic heterocycles. The molecule has 0 radical (unpaired) electrons. The van der Waals surface area contributed by atoms with E-state index in [0.717, 1.165) is 4.90 Å². The lowest BCUT2D eigenvalue weighted by molar-refractivity contribution is -0.150. The maximum Gasteiger partial charge on any atom is 0.302 e. The molecule has 0 saturated carbocycles. The molecule has 6 nitrogen and oxygen atoms in total. The number of hydrogen-bond acceptors (Lipinski definition) is 5. The highest BCUT2D eigenvalue weighted by atomic mass is 35.5. The zero-order chi connectivity index (χ0) is 17.9. The SMILES string of the molecule is CC(=O)OC[C@@]12C=C[C@@H](O1)[C@H]1C(=O)N(c3ccc(Cl)cc3Cl)C(=O)[C@@H]12. The molecule has 1 aromatic carbocycles. The third kappa shape index (κ3) is 2.32. The molecule has 2 bridgehead atoms. The van der Waals surface area contributed by atoms with E-state index in [1.165, 1.54) is 19.1 Å². The van der Waals surface area contributed by atoms with Crippen LogP contribution in [0.2, 0.25) is 10.0 Å². The van der Waals surface area contributed by atoms with Gasteiger partial charge in [-0.25, -0.2) is 4.90 Å². The molecular weight excluding hydrogens is 369 g/mol. The van der Waals surface area contributed by atoms with Gasteiger partial charge in [-0.2, -0.15) is 0 Å². The van der Waals surface area contributed by atoms with Crippen molar-refractivity contribution in [1.82, 2.24) is 0 Å². The van der Waals surface area contributed by atoms with E-state index in [9.17, 15) is 14.4 Å². The first-order valence-corrected chi connectivity index (χ1v) is 8.43. The number of carbonyl (C=O) groups excluding carboxylic acids is 3. The average molecular weight is 382 g/mol. The van der Waals surface area contributed by atoms with Crippen molar-refractivity contribution in [1.29, 1.82) is 0 Å². The van der Waals surface area contributed by atoms with Crippen LogP contribution in [0.4, 0.5) is 5.69 Å². The van der Waals surface area contributed by atoms with Crippen LogP contribution in [0.3, 0.4) is 0 Å². The van der Waals surface area contributed by atoms with Gasteiger partial charge in [0.2, 0.25) is 11.8 Å². The van der Waals surface area contributed by atoms with Crippen LogP contribution in [0.15, 0.2) is 30.4 Å². The van der Waals surface area contributed by atoms with Gasteiger partial charge >= 0.3 is 5.97 Å². The highest BCUT2D eigenvalue weighted by Crippen LogP contribution is 2.53. The number of hydrogen-bond donors (Lipinski definition) is 0. The lowest BCUT2D eigenvalue weighted by Gasteiger charge is -2.28. The molecule has 25 heavy (non-hydrogen) atoms. The Morgan fingerprint density at radius 2 is 2.08 bits per heavy atom. The van der Waals surface area contributed by atoms with Gasteiger partial charge in [0.15, 0.2) is 0 Å². The molecule has 0 spiro atoms. The number of nitrogens with zero attached hydrogens (tertiary/aromatic N) is 1. The summed E-state index contributed by atoms with van der Waals surface area (Å²) in [5, 5.41) is 0.619. The van der Waals surface area contributed by atoms with E-state index in [1.54, 1.807) is 18.2 Å². The van der Waals surface area contributed by atoms with Crippen molar-refractivity contribution in [2.75, 3.05) is 11.5 Å². The molecule has 4 rings (SSSR count). The van der Waals surface area contributed by atoms with Gasteiger partial charge in [-0.05, 0) is 24.3 Å². The highest BCUT2D eigenvalue weighted by molar-refractivity contribution is 6.38. The highest BCUT2D eigenvalue weighted by Gasteiger charge is 2.68. The van der Waals surface area contributed by atoms with Gasteiger partial charge in [-0.1, -0.05) is 29.3 Å². The zero-order valence-corrected chi connectivity index (χ0v) is 14.6. The molecule has 4 atom stereocenters. The van der Waals surface area contributed by atoms with E-state index in [2.05, 4.69) is 0 Å². The number of benzene rings is 1. The monoisotopic (exact) mass is 381 g/mol. The van der Waals surface area contributed by atoms with Gasteiger partial charge in [0.05, 0.1) is 28.6 Å². The van der Waals surface area contributed by atoms with Crippen LogP contribution >= 0.6 is 23.2 Å². The Bertz CT molecular complexity index is 838. The van der Waals surface area contributed by atoms with Gasteiger partial charge in [0, 0.05) is 11.9 Å². The van der Waals surface area contributed by atoms with Crippen molar-refractivity contribution in [3.8, 4) is 0 Å². The van der Waals surface area contributed by atoms with E-state index in [4.69, 9.17) is 32.7 Å². The largest absolute Gasteiger partial charge is 0.462 e. The lowest BCUT2D eigenvalue weighted by atomic mass is 9.77. The number of rotatable bonds is 3. The summed E-state index contributed by atoms with van der Waals surface area (Å²) in [5.41, 5.74) is -0.820. The molecule has 2 fully saturated rings. The first-order valence-electron chi connectivity index (χ1n) is 7.67. The van der Waals surface area contributed by atoms with Crippen LogP contribution in [-0.4, -0.2) is 36.1 Å². The van der Waals surface area contributed by atoms with E-state index in [1.807, 2.05) is 0 Å². The third-order valence-corrected chi connectivity index (χ3v) is 5.34. The summed E-state index contributed by atoms with van der Waals surface area (Å²) in [6.07, 6.45) is 2.93. The molecule has 2 amide bonds. The predicted molar refractivity (Wildman–Crippen MR) is 89.3 cm³/mol. The van der Waals surface area contributed by atoms with Crippen molar-refractivity contribution in [3.05, 3.63) is 40.4 Å². The minimum absolute atomic E-state index is 0.113. The number of amides is 2. The fourth-order valence-corrected chi connectivity index (χ4v) is 4.28. The molecule has 3 aliphatic rings. The minimum Gasteiger partial charge on any atom is -0.462 e. The van der Waals surface area contributed by atoms with Crippen molar-refractivity contribution >= 4 is 46.7 Å². The fraction of sp³-hybridized carbons (Fsp3) is 0.353. The third-order valence-electron chi connectivity index (χ3n) is 4.81. The van der Waals surface area contributed by atoms with Crippen LogP contribution < -0.4 is 4.90 Å². The zero-order valence-electron chi connectivity index (χ0n) is 13.1. The Morgan fingerprint density at radius 1 is 1.32 bits per heavy atom. The molecule has 130 valence electrons. The van der Waals surface area contributed by atoms with Gasteiger partial charge < -0.3 is 9.47 Å². The molecule has 0 aromatic heterocycles. The summed E-state index contributed by atoms with van der Waals surface area (Å²) in [6.45, 7) is 1.17. The van der Waals surface area contributed by atoms with Gasteiger partial charge in [0.25, 0.3) is 0 Å². The number of anilines is 1. The first kappa shape index (κ1) is 16.6. The number of carbonyl (C=O) groups is 3. The second-order valence-electron chi connectivity index (χ2n) is 6.29. The molecule has 8 heteroatoms. The second kappa shape index (κ2) is 5.56. The predicted octanol–water partition coefficient (Wildman–Crippen LogP) is 2.37. The van der Waals surface area contributed by atoms with Crippen molar-refractivity contribution in [2.45, 2.75) is 18.6 Å². The Kier molecular flexibility index (Phi) is 3.68. The van der Waals surface area contributed by atoms with E-state index in [0.29, 0.717) is 5.02 Å². The van der Waals surface area contributed by atoms with Crippen LogP contribution in [0.25, 0.3) is 0 Å². The molecule has 0 N–H and O–H groups in total. The average Bonchev–Trinajstić information content (AvgIpc) is 3.18. The Balaban J connectivity index is 1.72. The second-order valence-corrected chi connectivity index (χ2v) is 7.13. The van der Waals surface area contributed by atoms with Gasteiger partial charge in [-0.15, -0.1) is 0 Å². The van der Waals surface area contributed by atoms with Gasteiger partial charge in [-0.3, -0.25) is 14.4 Å². The van der Waals surface area contributed by atoms with Crippen LogP contribution in [0.5, 0.6) is 0 Å². The minimum atomic E-state index is -1.11. The number of fused-ring (bicyclic) bond motifs is 5. The van der Waals surface area contributed by atoms with Crippen molar-refractivity contribution < 1.29 is 23.9 Å². The van der Waals surface area contributed by atoms with Crippen LogP contribution in [-0.2, 0) is 23.9 Å². The maximum atomic E-state index is 13.0. The first-order chi connectivity index (χ1) is 11.8. The Hall–Kier alpha value is -1.89. The molecule has 1 aromatic rings. The number of ether oxygens (including phenoxy) is 2. The Morgan fingerprint density at radius 3 is 2.76 bits per heavy atom. The number of esters is 1. The summed E-state index contributed by atoms with van der Waals surface area (Å²) >= 11 is 12.1. The molecule has 0 unspecified atom stereocenters. The Labute approximate surface area is 153 Å². The quantitative estimate of drug-likeness (QED) is 0.456. The van der Waals surface area contributed by atoms with Crippen LogP contribution in [0, 0.1) is 11.8 Å². The van der Waals surface area contributed by atoms with E-state index in [-0.39, 0.29) is 23.2 Å². The normalized spacial score (nSPS) is 32.4. The standard InChI is InChI=1S/C17H13Cl2NO5/c1-8(21)24-7-17-5-4-12(25-17)13-14(17)16(23)20(15(13)22)11-3-2-9(18)6-10(11)19/h2-6,12-14H,7H2,1H3/t12-,13-,14-,17-/m1/s1. The number of halogens is 2. The topological polar surface area (TPSA) is 72.9 Å². The molecular formula is C17H13Cl2NO5. The lowest BCUT2D eigenvalue weighted by Crippen LogP contribution is -2.44. The summed E-state index contributed by atoms with van der Waals surface area (Å²) in [4.78, 5) is 38.2. The van der Waals surface area contributed by atoms with E-state index < -0.39 is 35.4 Å². The number of imide groups is 1. The molecule has 0 aliphatic carbocycles. The smallest absolute Gasteiger partial charge is 0.302 e. The molecule has 2 saturated heterocycles. The fourth-order valence-electron chi connectivity index (χ4n) is 3.78. The van der Waals surface area contributed by atoms with E-state index >= 15 is 0 Å². The van der Waals surface area contributed by atoms with Crippen molar-refractivity contribution in [2.24, 2.45) is 11.8 Å². The van der Waals surface area contributed by atoms with Gasteiger partial charge in [0.1, 0.15) is 12.2 Å². The summed E-state index contributed by atoms with van der Waals surface area (Å²) in [7, 11) is 0. The van der Waals surface area contributed by atoms with Crippen LogP contribution in [0.1, 0.15) is 6.92 Å². The maximum absolute atomic E-state index is 13.0. The van der Waals surface area contributed by atoms with Crippen molar-refractivity contribution in [3.63, 3.8) is 0 Å². The summed E-state index contributed by atoms with van der Waals surface area (Å²) in [6, 6.07) is 4.58. The summed E-state index contributed by atoms with van der Waals surface area (Å²) < 4.78 is 10.9.